The summed E-state index contributed by atoms with van der Waals surface area (Å²) in [5.74, 6) is -1.64. The van der Waals surface area contributed by atoms with Crippen LogP contribution in [0.15, 0.2) is 29.3 Å². The van der Waals surface area contributed by atoms with Crippen molar-refractivity contribution in [3.05, 3.63) is 45.3 Å². The van der Waals surface area contributed by atoms with E-state index >= 15 is 0 Å². The standard InChI is InChI=1S/C16H14N4O4S/c1-7-10-14(25-11(7)12(17)21)19-13(9-4-3-5-18-6-9)20(15(10)22)8(2)16(23)24/h3-6,8H,1-2H3,(H2,17,21)(H,23,24). The van der Waals surface area contributed by atoms with Crippen LogP contribution in [-0.2, 0) is 4.79 Å². The van der Waals surface area contributed by atoms with Crippen molar-refractivity contribution in [1.82, 2.24) is 14.5 Å². The summed E-state index contributed by atoms with van der Waals surface area (Å²) >= 11 is 1.02. The number of carbonyl (C=O) groups is 2. The minimum Gasteiger partial charge on any atom is -0.480 e. The molecule has 8 nitrogen and oxygen atoms in total. The van der Waals surface area contributed by atoms with E-state index in [1.807, 2.05) is 0 Å². The van der Waals surface area contributed by atoms with Crippen LogP contribution in [-0.4, -0.2) is 31.5 Å². The predicted octanol–water partition coefficient (Wildman–Crippen LogP) is 1.57. The zero-order chi connectivity index (χ0) is 18.3. The Kier molecular flexibility index (Phi) is 4.09. The van der Waals surface area contributed by atoms with Crippen molar-refractivity contribution in [1.29, 1.82) is 0 Å². The van der Waals surface area contributed by atoms with Gasteiger partial charge in [-0.05, 0) is 31.5 Å². The lowest BCUT2D eigenvalue weighted by atomic mass is 10.1. The van der Waals surface area contributed by atoms with Gasteiger partial charge in [0.1, 0.15) is 16.7 Å². The molecule has 0 aliphatic rings. The number of carboxylic acids is 1. The van der Waals surface area contributed by atoms with Crippen molar-refractivity contribution in [3.8, 4) is 11.4 Å². The molecule has 0 aliphatic heterocycles. The van der Waals surface area contributed by atoms with E-state index in [9.17, 15) is 19.5 Å². The second kappa shape index (κ2) is 6.10. The molecule has 0 spiro atoms. The summed E-state index contributed by atoms with van der Waals surface area (Å²) in [6.07, 6.45) is 3.06. The van der Waals surface area contributed by atoms with Crippen LogP contribution in [0.2, 0.25) is 0 Å². The number of carboxylic acid groups (broad SMARTS) is 1. The van der Waals surface area contributed by atoms with Gasteiger partial charge in [0.05, 0.1) is 10.3 Å². The Balaban J connectivity index is 2.45. The van der Waals surface area contributed by atoms with Gasteiger partial charge in [0.25, 0.3) is 11.5 Å². The van der Waals surface area contributed by atoms with E-state index in [0.29, 0.717) is 16.0 Å². The largest absolute Gasteiger partial charge is 0.480 e. The van der Waals surface area contributed by atoms with Crippen LogP contribution < -0.4 is 11.3 Å². The van der Waals surface area contributed by atoms with Crippen LogP contribution in [0, 0.1) is 6.92 Å². The topological polar surface area (TPSA) is 128 Å². The molecule has 3 aromatic heterocycles. The number of nitrogens with zero attached hydrogens (tertiary/aromatic N) is 3. The third-order valence-electron chi connectivity index (χ3n) is 3.88. The van der Waals surface area contributed by atoms with Gasteiger partial charge in [0.2, 0.25) is 0 Å². The molecule has 0 fully saturated rings. The first-order valence-electron chi connectivity index (χ1n) is 7.31. The SMILES string of the molecule is Cc1c(C(N)=O)sc2nc(-c3cccnc3)n(C(C)C(=O)O)c(=O)c12. The Morgan fingerprint density at radius 3 is 2.68 bits per heavy atom. The molecule has 0 aromatic carbocycles. The lowest BCUT2D eigenvalue weighted by Crippen LogP contribution is -2.30. The average molecular weight is 358 g/mol. The van der Waals surface area contributed by atoms with Crippen LogP contribution >= 0.6 is 11.3 Å². The minimum absolute atomic E-state index is 0.178. The number of thiophene rings is 1. The molecule has 3 N–H and O–H groups in total. The molecule has 0 aliphatic carbocycles. The molecule has 9 heteroatoms. The molecule has 0 radical (unpaired) electrons. The molecule has 3 aromatic rings. The van der Waals surface area contributed by atoms with E-state index in [-0.39, 0.29) is 16.1 Å². The fourth-order valence-electron chi connectivity index (χ4n) is 2.60. The molecule has 25 heavy (non-hydrogen) atoms. The van der Waals surface area contributed by atoms with Crippen LogP contribution in [0.5, 0.6) is 0 Å². The van der Waals surface area contributed by atoms with Gasteiger partial charge in [0, 0.05) is 18.0 Å². The van der Waals surface area contributed by atoms with Crippen LogP contribution in [0.25, 0.3) is 21.6 Å². The Morgan fingerprint density at radius 2 is 2.12 bits per heavy atom. The summed E-state index contributed by atoms with van der Waals surface area (Å²) in [6, 6.07) is 2.20. The van der Waals surface area contributed by atoms with Gasteiger partial charge in [0.15, 0.2) is 0 Å². The highest BCUT2D eigenvalue weighted by molar-refractivity contribution is 7.20. The molecular weight excluding hydrogens is 344 g/mol. The number of aryl methyl sites for hydroxylation is 1. The monoisotopic (exact) mass is 358 g/mol. The fraction of sp³-hybridized carbons (Fsp3) is 0.188. The normalized spacial score (nSPS) is 12.2. The number of rotatable bonds is 4. The summed E-state index contributed by atoms with van der Waals surface area (Å²) in [5.41, 5.74) is 5.74. The number of primary amides is 1. The third kappa shape index (κ3) is 2.68. The third-order valence-corrected chi connectivity index (χ3v) is 5.08. The molecule has 1 amide bonds. The maximum Gasteiger partial charge on any atom is 0.326 e. The molecular formula is C16H14N4O4S. The average Bonchev–Trinajstić information content (AvgIpc) is 2.92. The molecule has 1 atom stereocenters. The smallest absolute Gasteiger partial charge is 0.326 e. The fourth-order valence-corrected chi connectivity index (χ4v) is 3.62. The van der Waals surface area contributed by atoms with E-state index in [4.69, 9.17) is 5.73 Å². The first kappa shape index (κ1) is 16.8. The van der Waals surface area contributed by atoms with Crippen LogP contribution in [0.1, 0.15) is 28.2 Å². The van der Waals surface area contributed by atoms with Crippen molar-refractivity contribution in [2.45, 2.75) is 19.9 Å². The highest BCUT2D eigenvalue weighted by Crippen LogP contribution is 2.30. The molecule has 0 bridgehead atoms. The minimum atomic E-state index is -1.17. The lowest BCUT2D eigenvalue weighted by Gasteiger charge is -2.16. The highest BCUT2D eigenvalue weighted by Gasteiger charge is 2.25. The van der Waals surface area contributed by atoms with Gasteiger partial charge in [-0.1, -0.05) is 0 Å². The number of aromatic nitrogens is 3. The first-order chi connectivity index (χ1) is 11.8. The quantitative estimate of drug-likeness (QED) is 0.728. The second-order valence-corrected chi connectivity index (χ2v) is 6.47. The van der Waals surface area contributed by atoms with E-state index in [0.717, 1.165) is 15.9 Å². The summed E-state index contributed by atoms with van der Waals surface area (Å²) in [5, 5.41) is 9.60. The zero-order valence-corrected chi connectivity index (χ0v) is 14.2. The van der Waals surface area contributed by atoms with Crippen LogP contribution in [0.3, 0.4) is 0 Å². The number of aliphatic carboxylic acids is 1. The summed E-state index contributed by atoms with van der Waals surface area (Å²) in [6.45, 7) is 3.00. The number of nitrogens with two attached hydrogens (primary N) is 1. The van der Waals surface area contributed by atoms with Gasteiger partial charge < -0.3 is 10.8 Å². The van der Waals surface area contributed by atoms with E-state index in [1.54, 1.807) is 25.3 Å². The molecule has 3 rings (SSSR count). The van der Waals surface area contributed by atoms with Gasteiger partial charge in [-0.25, -0.2) is 9.78 Å². The van der Waals surface area contributed by atoms with Gasteiger partial charge in [-0.15, -0.1) is 11.3 Å². The Hall–Kier alpha value is -3.07. The Bertz CT molecular complexity index is 1060. The Morgan fingerprint density at radius 1 is 1.40 bits per heavy atom. The molecule has 128 valence electrons. The first-order valence-corrected chi connectivity index (χ1v) is 8.13. The number of hydrogen-bond acceptors (Lipinski definition) is 6. The van der Waals surface area contributed by atoms with Crippen molar-refractivity contribution in [3.63, 3.8) is 0 Å². The molecule has 0 saturated heterocycles. The van der Waals surface area contributed by atoms with Gasteiger partial charge in [-0.3, -0.25) is 19.1 Å². The zero-order valence-electron chi connectivity index (χ0n) is 13.4. The number of fused-ring (bicyclic) bond motifs is 1. The molecule has 3 heterocycles. The van der Waals surface area contributed by atoms with E-state index in [2.05, 4.69) is 9.97 Å². The second-order valence-electron chi connectivity index (χ2n) is 5.47. The maximum absolute atomic E-state index is 13.0. The van der Waals surface area contributed by atoms with Gasteiger partial charge >= 0.3 is 5.97 Å². The predicted molar refractivity (Wildman–Crippen MR) is 92.7 cm³/mol. The summed E-state index contributed by atoms with van der Waals surface area (Å²) in [4.78, 5) is 45.1. The number of pyridine rings is 1. The van der Waals surface area contributed by atoms with Crippen molar-refractivity contribution >= 4 is 33.4 Å². The van der Waals surface area contributed by atoms with Gasteiger partial charge in [-0.2, -0.15) is 0 Å². The van der Waals surface area contributed by atoms with Crippen molar-refractivity contribution in [2.75, 3.05) is 0 Å². The lowest BCUT2D eigenvalue weighted by molar-refractivity contribution is -0.140. The van der Waals surface area contributed by atoms with Crippen LogP contribution in [0.4, 0.5) is 0 Å². The molecule has 1 unspecified atom stereocenters. The summed E-state index contributed by atoms with van der Waals surface area (Å²) in [7, 11) is 0. The highest BCUT2D eigenvalue weighted by atomic mass is 32.1. The van der Waals surface area contributed by atoms with Crippen molar-refractivity contribution < 1.29 is 14.7 Å². The summed E-state index contributed by atoms with van der Waals surface area (Å²) < 4.78 is 1.10. The van der Waals surface area contributed by atoms with E-state index in [1.165, 1.54) is 13.1 Å². The number of hydrogen-bond donors (Lipinski definition) is 2. The van der Waals surface area contributed by atoms with Crippen molar-refractivity contribution in [2.24, 2.45) is 5.73 Å². The molecule has 0 saturated carbocycles. The van der Waals surface area contributed by atoms with E-state index < -0.39 is 23.5 Å². The maximum atomic E-state index is 13.0. The Labute approximate surface area is 145 Å². The number of carbonyl (C=O) groups excluding carboxylic acids is 1. The number of amides is 1.